The summed E-state index contributed by atoms with van der Waals surface area (Å²) in [6.07, 6.45) is 6.27. The van der Waals surface area contributed by atoms with E-state index < -0.39 is 0 Å². The minimum absolute atomic E-state index is 0.117. The quantitative estimate of drug-likeness (QED) is 0.513. The van der Waals surface area contributed by atoms with Crippen LogP contribution in [-0.4, -0.2) is 22.9 Å². The molecule has 0 amide bonds. The van der Waals surface area contributed by atoms with Gasteiger partial charge in [0, 0.05) is 35.9 Å². The van der Waals surface area contributed by atoms with Crippen LogP contribution in [0.3, 0.4) is 0 Å². The molecule has 3 aromatic rings. The van der Waals surface area contributed by atoms with Crippen LogP contribution in [-0.2, 0) is 0 Å². The van der Waals surface area contributed by atoms with Crippen molar-refractivity contribution in [2.75, 3.05) is 12.4 Å². The number of allylic oxidation sites excluding steroid dienone is 1. The van der Waals surface area contributed by atoms with E-state index in [0.717, 1.165) is 11.4 Å². The number of nitrogens with one attached hydrogen (secondary N) is 1. The van der Waals surface area contributed by atoms with Crippen molar-refractivity contribution in [2.24, 2.45) is 0 Å². The van der Waals surface area contributed by atoms with Crippen LogP contribution in [0.1, 0.15) is 10.4 Å². The van der Waals surface area contributed by atoms with E-state index in [2.05, 4.69) is 15.3 Å². The van der Waals surface area contributed by atoms with Crippen LogP contribution in [0, 0.1) is 0 Å². The molecule has 0 fully saturated rings. The Hall–Kier alpha value is -3.67. The zero-order valence-corrected chi connectivity index (χ0v) is 14.1. The molecule has 3 rings (SSSR count). The second-order valence-corrected chi connectivity index (χ2v) is 5.23. The van der Waals surface area contributed by atoms with Gasteiger partial charge in [-0.25, -0.2) is 9.97 Å². The number of methoxy groups -OCH3 is 1. The maximum absolute atomic E-state index is 12.2. The fourth-order valence-electron chi connectivity index (χ4n) is 2.13. The molecule has 6 nitrogen and oxygen atoms in total. The largest absolute Gasteiger partial charge is 0.497 e. The Kier molecular flexibility index (Phi) is 5.57. The van der Waals surface area contributed by atoms with Crippen LogP contribution in [0.2, 0.25) is 0 Å². The summed E-state index contributed by atoms with van der Waals surface area (Å²) in [7, 11) is 1.62. The van der Waals surface area contributed by atoms with E-state index in [0.29, 0.717) is 11.3 Å². The lowest BCUT2D eigenvalue weighted by molar-refractivity contribution is 0.104. The molecule has 1 N–H and O–H groups in total. The molecule has 0 saturated heterocycles. The molecule has 0 radical (unpaired) electrons. The van der Waals surface area contributed by atoms with E-state index in [1.165, 1.54) is 6.08 Å². The van der Waals surface area contributed by atoms with Crippen molar-refractivity contribution in [1.29, 1.82) is 0 Å². The van der Waals surface area contributed by atoms with Crippen LogP contribution in [0.4, 0.5) is 5.69 Å². The Morgan fingerprint density at radius 3 is 2.27 bits per heavy atom. The lowest BCUT2D eigenvalue weighted by atomic mass is 10.1. The molecular weight excluding hydrogens is 330 g/mol. The summed E-state index contributed by atoms with van der Waals surface area (Å²) in [5.41, 5.74) is 1.42. The van der Waals surface area contributed by atoms with Crippen molar-refractivity contribution in [1.82, 2.24) is 9.97 Å². The SMILES string of the molecule is COc1ccc(N/C=C/C(=O)c2ccc(Oc3ncccn3)cc2)cc1. The first kappa shape index (κ1) is 17.2. The molecule has 0 spiro atoms. The fraction of sp³-hybridized carbons (Fsp3) is 0.0500. The zero-order valence-electron chi connectivity index (χ0n) is 14.1. The number of anilines is 1. The lowest BCUT2D eigenvalue weighted by Gasteiger charge is -2.04. The van der Waals surface area contributed by atoms with E-state index in [-0.39, 0.29) is 11.8 Å². The number of rotatable bonds is 7. The van der Waals surface area contributed by atoms with Gasteiger partial charge in [-0.15, -0.1) is 0 Å². The summed E-state index contributed by atoms with van der Waals surface area (Å²) in [5.74, 6) is 1.22. The Morgan fingerprint density at radius 1 is 0.962 bits per heavy atom. The van der Waals surface area contributed by atoms with E-state index in [9.17, 15) is 4.79 Å². The van der Waals surface area contributed by atoms with E-state index in [1.807, 2.05) is 24.3 Å². The number of benzene rings is 2. The predicted octanol–water partition coefficient (Wildman–Crippen LogP) is 4.09. The first-order valence-electron chi connectivity index (χ1n) is 7.91. The van der Waals surface area contributed by atoms with Gasteiger partial charge in [0.05, 0.1) is 7.11 Å². The molecule has 0 aliphatic heterocycles. The van der Waals surface area contributed by atoms with Crippen molar-refractivity contribution in [2.45, 2.75) is 0 Å². The Bertz CT molecular complexity index is 876. The van der Waals surface area contributed by atoms with Crippen LogP contribution in [0.25, 0.3) is 0 Å². The highest BCUT2D eigenvalue weighted by Crippen LogP contribution is 2.18. The third-order valence-corrected chi connectivity index (χ3v) is 3.46. The summed E-state index contributed by atoms with van der Waals surface area (Å²) < 4.78 is 10.6. The molecule has 0 aliphatic rings. The summed E-state index contributed by atoms with van der Waals surface area (Å²) >= 11 is 0. The van der Waals surface area contributed by atoms with Crippen molar-refractivity contribution in [3.63, 3.8) is 0 Å². The average Bonchev–Trinajstić information content (AvgIpc) is 2.70. The number of nitrogens with zero attached hydrogens (tertiary/aromatic N) is 2. The van der Waals surface area contributed by atoms with Gasteiger partial charge in [-0.05, 0) is 54.6 Å². The van der Waals surface area contributed by atoms with E-state index in [4.69, 9.17) is 9.47 Å². The molecule has 0 saturated carbocycles. The summed E-state index contributed by atoms with van der Waals surface area (Å²) in [6, 6.07) is 16.2. The Morgan fingerprint density at radius 2 is 1.62 bits per heavy atom. The monoisotopic (exact) mass is 347 g/mol. The number of ether oxygens (including phenoxy) is 2. The van der Waals surface area contributed by atoms with Gasteiger partial charge in [-0.2, -0.15) is 0 Å². The molecular formula is C20H17N3O3. The zero-order chi connectivity index (χ0) is 18.2. The molecule has 1 aromatic heterocycles. The molecule has 0 aliphatic carbocycles. The van der Waals surface area contributed by atoms with Gasteiger partial charge in [0.2, 0.25) is 0 Å². The molecule has 26 heavy (non-hydrogen) atoms. The first-order valence-corrected chi connectivity index (χ1v) is 7.91. The normalized spacial score (nSPS) is 10.5. The van der Waals surface area contributed by atoms with Gasteiger partial charge in [-0.1, -0.05) is 0 Å². The number of aromatic nitrogens is 2. The third kappa shape index (κ3) is 4.67. The summed E-state index contributed by atoms with van der Waals surface area (Å²) in [4.78, 5) is 20.2. The standard InChI is InChI=1S/C20H17N3O3/c1-25-17-9-5-16(6-10-17)21-14-11-19(24)15-3-7-18(8-4-15)26-20-22-12-2-13-23-20/h2-14,21H,1H3/b14-11+. The van der Waals surface area contributed by atoms with Gasteiger partial charge in [0.15, 0.2) is 5.78 Å². The first-order chi connectivity index (χ1) is 12.7. The van der Waals surface area contributed by atoms with Gasteiger partial charge >= 0.3 is 6.01 Å². The van der Waals surface area contributed by atoms with Crippen molar-refractivity contribution in [3.05, 3.63) is 84.8 Å². The second kappa shape index (κ2) is 8.43. The van der Waals surface area contributed by atoms with E-state index >= 15 is 0 Å². The third-order valence-electron chi connectivity index (χ3n) is 3.46. The number of hydrogen-bond donors (Lipinski definition) is 1. The van der Waals surface area contributed by atoms with Crippen molar-refractivity contribution < 1.29 is 14.3 Å². The van der Waals surface area contributed by atoms with Crippen molar-refractivity contribution in [3.8, 4) is 17.5 Å². The summed E-state index contributed by atoms with van der Waals surface area (Å²) in [6.45, 7) is 0. The molecule has 2 aromatic carbocycles. The predicted molar refractivity (Wildman–Crippen MR) is 98.6 cm³/mol. The molecule has 1 heterocycles. The second-order valence-electron chi connectivity index (χ2n) is 5.23. The smallest absolute Gasteiger partial charge is 0.321 e. The minimum Gasteiger partial charge on any atom is -0.497 e. The average molecular weight is 347 g/mol. The number of ketones is 1. The highest BCUT2D eigenvalue weighted by molar-refractivity contribution is 6.04. The van der Waals surface area contributed by atoms with Gasteiger partial charge < -0.3 is 14.8 Å². The number of carbonyl (C=O) groups excluding carboxylic acids is 1. The molecule has 0 bridgehead atoms. The maximum atomic E-state index is 12.2. The van der Waals surface area contributed by atoms with Gasteiger partial charge in [0.25, 0.3) is 0 Å². The number of carbonyl (C=O) groups is 1. The molecule has 0 atom stereocenters. The Balaban J connectivity index is 1.57. The fourth-order valence-corrected chi connectivity index (χ4v) is 2.13. The van der Waals surface area contributed by atoms with Crippen LogP contribution in [0.15, 0.2) is 79.3 Å². The maximum Gasteiger partial charge on any atom is 0.321 e. The molecule has 0 unspecified atom stereocenters. The Labute approximate surface area is 151 Å². The minimum atomic E-state index is -0.117. The highest BCUT2D eigenvalue weighted by Gasteiger charge is 2.04. The molecule has 6 heteroatoms. The van der Waals surface area contributed by atoms with E-state index in [1.54, 1.807) is 56.0 Å². The van der Waals surface area contributed by atoms with Gasteiger partial charge in [0.1, 0.15) is 11.5 Å². The highest BCUT2D eigenvalue weighted by atomic mass is 16.5. The van der Waals surface area contributed by atoms with Gasteiger partial charge in [-0.3, -0.25) is 4.79 Å². The van der Waals surface area contributed by atoms with Crippen LogP contribution in [0.5, 0.6) is 17.5 Å². The van der Waals surface area contributed by atoms with Crippen LogP contribution >= 0.6 is 0 Å². The van der Waals surface area contributed by atoms with Crippen LogP contribution < -0.4 is 14.8 Å². The number of hydrogen-bond acceptors (Lipinski definition) is 6. The topological polar surface area (TPSA) is 73.3 Å². The lowest BCUT2D eigenvalue weighted by Crippen LogP contribution is -1.97. The summed E-state index contributed by atoms with van der Waals surface area (Å²) in [5, 5.41) is 3.04. The van der Waals surface area contributed by atoms with Crippen molar-refractivity contribution >= 4 is 11.5 Å². The molecule has 130 valence electrons.